The van der Waals surface area contributed by atoms with Crippen LogP contribution in [0, 0.1) is 5.82 Å². The minimum atomic E-state index is -0.617. The number of carbonyl (C=O) groups excluding carboxylic acids is 1. The molecule has 1 N–H and O–H groups in total. The molecule has 2 rings (SSSR count). The van der Waals surface area contributed by atoms with E-state index in [0.29, 0.717) is 16.6 Å². The van der Waals surface area contributed by atoms with Gasteiger partial charge in [-0.15, -0.1) is 0 Å². The number of halogens is 2. The average Bonchev–Trinajstić information content (AvgIpc) is 2.06. The van der Waals surface area contributed by atoms with Gasteiger partial charge in [0.2, 0.25) is 0 Å². The van der Waals surface area contributed by atoms with Crippen molar-refractivity contribution < 1.29 is 13.9 Å². The normalized spacial score (nSPS) is 14.5. The Kier molecular flexibility index (Phi) is 1.95. The lowest BCUT2D eigenvalue weighted by Gasteiger charge is -2.17. The largest absolute Gasteiger partial charge is 0.412 e. The summed E-state index contributed by atoms with van der Waals surface area (Å²) in [5, 5.41) is 2.44. The molecule has 0 aliphatic carbocycles. The summed E-state index contributed by atoms with van der Waals surface area (Å²) in [5.41, 5.74) is 0.631. The maximum absolute atomic E-state index is 13.2. The van der Waals surface area contributed by atoms with E-state index in [1.807, 2.05) is 0 Å². The number of amides is 1. The van der Waals surface area contributed by atoms with Gasteiger partial charge in [0.1, 0.15) is 0 Å². The van der Waals surface area contributed by atoms with Crippen LogP contribution in [0.25, 0.3) is 0 Å². The Labute approximate surface area is 82.0 Å². The highest BCUT2D eigenvalue weighted by Gasteiger charge is 2.20. The van der Waals surface area contributed by atoms with E-state index in [9.17, 15) is 9.18 Å². The highest BCUT2D eigenvalue weighted by atomic mass is 79.9. The highest BCUT2D eigenvalue weighted by molar-refractivity contribution is 9.10. The van der Waals surface area contributed by atoms with Gasteiger partial charge in [-0.05, 0) is 12.1 Å². The zero-order valence-electron chi connectivity index (χ0n) is 6.43. The molecule has 1 aromatic rings. The molecule has 5 heteroatoms. The number of fused-ring (bicyclic) bond motifs is 1. The van der Waals surface area contributed by atoms with Crippen molar-refractivity contribution in [1.29, 1.82) is 0 Å². The van der Waals surface area contributed by atoms with Gasteiger partial charge >= 0.3 is 6.09 Å². The molecule has 68 valence electrons. The van der Waals surface area contributed by atoms with Crippen molar-refractivity contribution in [2.45, 2.75) is 6.54 Å². The summed E-state index contributed by atoms with van der Waals surface area (Å²) < 4.78 is 18.5. The van der Waals surface area contributed by atoms with Gasteiger partial charge in [0.15, 0.2) is 11.6 Å². The molecule has 0 radical (unpaired) electrons. The lowest BCUT2D eigenvalue weighted by molar-refractivity contribution is 0.192. The first-order valence-electron chi connectivity index (χ1n) is 3.60. The molecule has 13 heavy (non-hydrogen) atoms. The first kappa shape index (κ1) is 8.50. The van der Waals surface area contributed by atoms with Crippen molar-refractivity contribution in [1.82, 2.24) is 5.32 Å². The van der Waals surface area contributed by atoms with Crippen LogP contribution in [0.2, 0.25) is 0 Å². The van der Waals surface area contributed by atoms with Gasteiger partial charge < -0.3 is 10.1 Å². The predicted octanol–water partition coefficient (Wildman–Crippen LogP) is 2.19. The number of carbonyl (C=O) groups is 1. The van der Waals surface area contributed by atoms with E-state index in [2.05, 4.69) is 26.0 Å². The van der Waals surface area contributed by atoms with Gasteiger partial charge in [0.05, 0.1) is 0 Å². The summed E-state index contributed by atoms with van der Waals surface area (Å²) in [7, 11) is 0. The molecular weight excluding hydrogens is 241 g/mol. The second-order valence-electron chi connectivity index (χ2n) is 2.62. The summed E-state index contributed by atoms with van der Waals surface area (Å²) in [5.74, 6) is -0.508. The van der Waals surface area contributed by atoms with Crippen molar-refractivity contribution in [3.05, 3.63) is 28.0 Å². The molecule has 1 aliphatic heterocycles. The van der Waals surface area contributed by atoms with Crippen LogP contribution in [0.15, 0.2) is 16.6 Å². The summed E-state index contributed by atoms with van der Waals surface area (Å²) in [6.45, 7) is 0.296. The minimum absolute atomic E-state index is 0.0203. The number of hydrogen-bond donors (Lipinski definition) is 1. The van der Waals surface area contributed by atoms with Gasteiger partial charge in [0, 0.05) is 16.6 Å². The van der Waals surface area contributed by atoms with Crippen LogP contribution in [0.3, 0.4) is 0 Å². The molecule has 0 saturated heterocycles. The number of benzene rings is 1. The monoisotopic (exact) mass is 245 g/mol. The molecule has 0 spiro atoms. The van der Waals surface area contributed by atoms with Crippen molar-refractivity contribution in [2.75, 3.05) is 0 Å². The summed E-state index contributed by atoms with van der Waals surface area (Å²) in [6, 6.07) is 2.97. The standard InChI is InChI=1S/C8H5BrFNO2/c9-5-1-4-3-11-8(12)13-7(4)6(10)2-5/h1-2H,3H2,(H,11,12). The van der Waals surface area contributed by atoms with Gasteiger partial charge in [0.25, 0.3) is 0 Å². The summed E-state index contributed by atoms with van der Waals surface area (Å²) in [6.07, 6.45) is -0.617. The van der Waals surface area contributed by atoms with Gasteiger partial charge in [-0.25, -0.2) is 9.18 Å². The van der Waals surface area contributed by atoms with E-state index in [1.165, 1.54) is 6.07 Å². The third-order valence-electron chi connectivity index (χ3n) is 1.70. The first-order chi connectivity index (χ1) is 6.16. The van der Waals surface area contributed by atoms with E-state index in [4.69, 9.17) is 0 Å². The maximum atomic E-state index is 13.2. The maximum Gasteiger partial charge on any atom is 0.412 e. The molecule has 0 aromatic heterocycles. The van der Waals surface area contributed by atoms with E-state index >= 15 is 0 Å². The summed E-state index contributed by atoms with van der Waals surface area (Å²) in [4.78, 5) is 10.8. The number of rotatable bonds is 0. The van der Waals surface area contributed by atoms with Crippen LogP contribution in [0.4, 0.5) is 9.18 Å². The molecule has 1 heterocycles. The SMILES string of the molecule is O=C1NCc2cc(Br)cc(F)c2O1. The van der Waals surface area contributed by atoms with Gasteiger partial charge in [-0.1, -0.05) is 15.9 Å². The van der Waals surface area contributed by atoms with E-state index in [0.717, 1.165) is 0 Å². The Morgan fingerprint density at radius 3 is 3.08 bits per heavy atom. The molecule has 0 bridgehead atoms. The zero-order chi connectivity index (χ0) is 9.42. The van der Waals surface area contributed by atoms with Crippen LogP contribution in [-0.4, -0.2) is 6.09 Å². The van der Waals surface area contributed by atoms with E-state index in [1.54, 1.807) is 6.07 Å². The van der Waals surface area contributed by atoms with Crippen molar-refractivity contribution in [3.63, 3.8) is 0 Å². The van der Waals surface area contributed by atoms with Crippen LogP contribution < -0.4 is 10.1 Å². The molecule has 0 saturated carbocycles. The second-order valence-corrected chi connectivity index (χ2v) is 3.53. The Morgan fingerprint density at radius 1 is 1.54 bits per heavy atom. The lowest BCUT2D eigenvalue weighted by Crippen LogP contribution is -2.31. The third kappa shape index (κ3) is 1.51. The van der Waals surface area contributed by atoms with E-state index in [-0.39, 0.29) is 5.75 Å². The second kappa shape index (κ2) is 2.99. The topological polar surface area (TPSA) is 38.3 Å². The Morgan fingerprint density at radius 2 is 2.31 bits per heavy atom. The third-order valence-corrected chi connectivity index (χ3v) is 2.16. The molecule has 0 fully saturated rings. The molecule has 0 atom stereocenters. The summed E-state index contributed by atoms with van der Waals surface area (Å²) >= 11 is 3.15. The van der Waals surface area contributed by atoms with Gasteiger partial charge in [-0.2, -0.15) is 0 Å². The molecule has 1 aliphatic rings. The number of nitrogens with one attached hydrogen (secondary N) is 1. The first-order valence-corrected chi connectivity index (χ1v) is 4.40. The highest BCUT2D eigenvalue weighted by Crippen LogP contribution is 2.29. The van der Waals surface area contributed by atoms with Crippen LogP contribution in [0.5, 0.6) is 5.75 Å². The van der Waals surface area contributed by atoms with E-state index < -0.39 is 11.9 Å². The van der Waals surface area contributed by atoms with Gasteiger partial charge in [-0.3, -0.25) is 0 Å². The quantitative estimate of drug-likeness (QED) is 0.761. The zero-order valence-corrected chi connectivity index (χ0v) is 8.02. The van der Waals surface area contributed by atoms with Crippen molar-refractivity contribution in [3.8, 4) is 5.75 Å². The Hall–Kier alpha value is -1.10. The van der Waals surface area contributed by atoms with Crippen molar-refractivity contribution in [2.24, 2.45) is 0 Å². The molecule has 1 aromatic carbocycles. The molecule has 0 unspecified atom stereocenters. The smallest absolute Gasteiger partial charge is 0.407 e. The van der Waals surface area contributed by atoms with Crippen molar-refractivity contribution >= 4 is 22.0 Å². The number of hydrogen-bond acceptors (Lipinski definition) is 2. The minimum Gasteiger partial charge on any atom is -0.407 e. The number of ether oxygens (including phenoxy) is 1. The fourth-order valence-corrected chi connectivity index (χ4v) is 1.63. The lowest BCUT2D eigenvalue weighted by atomic mass is 10.2. The fourth-order valence-electron chi connectivity index (χ4n) is 1.16. The molecule has 3 nitrogen and oxygen atoms in total. The average molecular weight is 246 g/mol. The molecule has 1 amide bonds. The van der Waals surface area contributed by atoms with Crippen LogP contribution >= 0.6 is 15.9 Å². The Balaban J connectivity index is 2.53. The fraction of sp³-hybridized carbons (Fsp3) is 0.125. The van der Waals surface area contributed by atoms with Crippen LogP contribution in [-0.2, 0) is 6.54 Å². The molecular formula is C8H5BrFNO2. The Bertz CT molecular complexity index is 381. The predicted molar refractivity (Wildman–Crippen MR) is 47.0 cm³/mol. The van der Waals surface area contributed by atoms with Crippen LogP contribution in [0.1, 0.15) is 5.56 Å².